The topological polar surface area (TPSA) is 52.6 Å². The summed E-state index contributed by atoms with van der Waals surface area (Å²) in [5, 5.41) is 0. The summed E-state index contributed by atoms with van der Waals surface area (Å²) in [5.41, 5.74) is 0.617. The highest BCUT2D eigenvalue weighted by atomic mass is 32.2. The lowest BCUT2D eigenvalue weighted by Crippen LogP contribution is -2.05. The molecule has 2 rings (SSSR count). The van der Waals surface area contributed by atoms with Crippen LogP contribution in [0.1, 0.15) is 5.56 Å². The van der Waals surface area contributed by atoms with E-state index in [0.717, 1.165) is 0 Å². The van der Waals surface area contributed by atoms with Gasteiger partial charge in [-0.15, -0.1) is 0 Å². The van der Waals surface area contributed by atoms with Crippen LogP contribution in [0.15, 0.2) is 47.4 Å². The highest BCUT2D eigenvalue weighted by Crippen LogP contribution is 2.21. The Morgan fingerprint density at radius 3 is 2.65 bits per heavy atom. The molecule has 5 heteroatoms. The Morgan fingerprint density at radius 1 is 1.20 bits per heavy atom. The van der Waals surface area contributed by atoms with Gasteiger partial charge in [0.05, 0.1) is 12.0 Å². The van der Waals surface area contributed by atoms with E-state index in [9.17, 15) is 8.42 Å². The molecule has 0 fully saturated rings. The largest absolute Gasteiger partial charge is 0.497 e. The molecule has 105 valence electrons. The van der Waals surface area contributed by atoms with Crippen molar-refractivity contribution in [1.82, 2.24) is 0 Å². The number of ether oxygens (including phenoxy) is 2. The van der Waals surface area contributed by atoms with Crippen LogP contribution in [-0.2, 0) is 16.4 Å². The number of hydrogen-bond acceptors (Lipinski definition) is 4. The molecule has 0 heterocycles. The van der Waals surface area contributed by atoms with Crippen LogP contribution >= 0.6 is 0 Å². The Labute approximate surface area is 118 Å². The van der Waals surface area contributed by atoms with E-state index in [1.807, 2.05) is 0 Å². The average Bonchev–Trinajstić information content (AvgIpc) is 2.44. The van der Waals surface area contributed by atoms with Crippen molar-refractivity contribution >= 4 is 9.84 Å². The summed E-state index contributed by atoms with van der Waals surface area (Å²) in [6.07, 6.45) is 1.18. The Kier molecular flexibility index (Phi) is 4.29. The van der Waals surface area contributed by atoms with Crippen LogP contribution in [0.3, 0.4) is 0 Å². The van der Waals surface area contributed by atoms with E-state index in [1.165, 1.54) is 6.26 Å². The fourth-order valence-electron chi connectivity index (χ4n) is 1.78. The standard InChI is InChI=1S/C15H15O4S/c1-18-13-7-5-8-14(10-13)19-11-12-6-3-4-9-15(12)20(2,16)17/h3-7,9-10H,11H2,1-2H3. The van der Waals surface area contributed by atoms with E-state index < -0.39 is 9.84 Å². The van der Waals surface area contributed by atoms with Crippen LogP contribution in [0.2, 0.25) is 0 Å². The third-order valence-electron chi connectivity index (χ3n) is 2.74. The third-order valence-corrected chi connectivity index (χ3v) is 3.93. The molecule has 20 heavy (non-hydrogen) atoms. The third kappa shape index (κ3) is 3.51. The molecular formula is C15H15O4S. The van der Waals surface area contributed by atoms with E-state index >= 15 is 0 Å². The van der Waals surface area contributed by atoms with Gasteiger partial charge in [-0.3, -0.25) is 0 Å². The van der Waals surface area contributed by atoms with E-state index in [0.29, 0.717) is 17.1 Å². The Bertz CT molecular complexity index is 693. The van der Waals surface area contributed by atoms with Crippen molar-refractivity contribution in [2.45, 2.75) is 11.5 Å². The van der Waals surface area contributed by atoms with Gasteiger partial charge in [0.2, 0.25) is 0 Å². The number of methoxy groups -OCH3 is 1. The van der Waals surface area contributed by atoms with Gasteiger partial charge in [-0.05, 0) is 18.2 Å². The zero-order valence-corrected chi connectivity index (χ0v) is 12.1. The van der Waals surface area contributed by atoms with Crippen LogP contribution in [0, 0.1) is 6.07 Å². The molecule has 0 atom stereocenters. The maximum atomic E-state index is 11.7. The molecule has 0 aliphatic carbocycles. The molecule has 0 aliphatic heterocycles. The normalized spacial score (nSPS) is 11.1. The van der Waals surface area contributed by atoms with Gasteiger partial charge in [0, 0.05) is 24.0 Å². The van der Waals surface area contributed by atoms with Crippen molar-refractivity contribution < 1.29 is 17.9 Å². The van der Waals surface area contributed by atoms with Crippen LogP contribution in [-0.4, -0.2) is 21.8 Å². The number of sulfone groups is 1. The summed E-state index contributed by atoms with van der Waals surface area (Å²) in [6.45, 7) is 0.160. The molecule has 0 aromatic heterocycles. The highest BCUT2D eigenvalue weighted by molar-refractivity contribution is 7.90. The summed E-state index contributed by atoms with van der Waals surface area (Å²) < 4.78 is 34.0. The summed E-state index contributed by atoms with van der Waals surface area (Å²) in [5.74, 6) is 1.17. The zero-order valence-electron chi connectivity index (χ0n) is 11.3. The molecule has 0 bridgehead atoms. The summed E-state index contributed by atoms with van der Waals surface area (Å²) in [4.78, 5) is 0.280. The molecule has 0 spiro atoms. The zero-order chi connectivity index (χ0) is 14.6. The molecule has 4 nitrogen and oxygen atoms in total. The summed E-state index contributed by atoms with van der Waals surface area (Å²) in [7, 11) is -1.70. The fourth-order valence-corrected chi connectivity index (χ4v) is 2.70. The minimum atomic E-state index is -3.27. The monoisotopic (exact) mass is 291 g/mol. The van der Waals surface area contributed by atoms with Crippen LogP contribution in [0.5, 0.6) is 11.5 Å². The molecular weight excluding hydrogens is 276 g/mol. The Morgan fingerprint density at radius 2 is 1.95 bits per heavy atom. The molecule has 0 saturated carbocycles. The maximum absolute atomic E-state index is 11.7. The van der Waals surface area contributed by atoms with E-state index in [-0.39, 0.29) is 11.5 Å². The van der Waals surface area contributed by atoms with Crippen molar-refractivity contribution in [3.05, 3.63) is 54.1 Å². The summed E-state index contributed by atoms with van der Waals surface area (Å²) in [6, 6.07) is 14.8. The Hall–Kier alpha value is -2.01. The van der Waals surface area contributed by atoms with Gasteiger partial charge in [0.15, 0.2) is 9.84 Å². The molecule has 0 saturated heterocycles. The number of hydrogen-bond donors (Lipinski definition) is 0. The van der Waals surface area contributed by atoms with E-state index in [1.54, 1.807) is 49.6 Å². The first kappa shape index (κ1) is 14.4. The number of rotatable bonds is 5. The minimum absolute atomic E-state index is 0.160. The molecule has 1 radical (unpaired) electrons. The van der Waals surface area contributed by atoms with E-state index in [2.05, 4.69) is 6.07 Å². The maximum Gasteiger partial charge on any atom is 0.175 e. The average molecular weight is 291 g/mol. The summed E-state index contributed by atoms with van der Waals surface area (Å²) >= 11 is 0. The van der Waals surface area contributed by atoms with Crippen molar-refractivity contribution in [2.24, 2.45) is 0 Å². The Balaban J connectivity index is 2.19. The van der Waals surface area contributed by atoms with Gasteiger partial charge in [0.1, 0.15) is 18.1 Å². The van der Waals surface area contributed by atoms with Crippen molar-refractivity contribution in [2.75, 3.05) is 13.4 Å². The van der Waals surface area contributed by atoms with Crippen molar-refractivity contribution in [3.63, 3.8) is 0 Å². The first-order chi connectivity index (χ1) is 9.50. The fraction of sp³-hybridized carbons (Fsp3) is 0.200. The van der Waals surface area contributed by atoms with Gasteiger partial charge < -0.3 is 9.47 Å². The minimum Gasteiger partial charge on any atom is -0.497 e. The second-order valence-electron chi connectivity index (χ2n) is 4.26. The smallest absolute Gasteiger partial charge is 0.175 e. The second-order valence-corrected chi connectivity index (χ2v) is 6.25. The lowest BCUT2D eigenvalue weighted by atomic mass is 10.2. The lowest BCUT2D eigenvalue weighted by molar-refractivity contribution is 0.300. The second kappa shape index (κ2) is 5.96. The quantitative estimate of drug-likeness (QED) is 0.849. The first-order valence-corrected chi connectivity index (χ1v) is 7.86. The van der Waals surface area contributed by atoms with Crippen LogP contribution in [0.4, 0.5) is 0 Å². The van der Waals surface area contributed by atoms with Crippen LogP contribution < -0.4 is 9.47 Å². The molecule has 0 aliphatic rings. The molecule has 0 amide bonds. The highest BCUT2D eigenvalue weighted by Gasteiger charge is 2.12. The predicted octanol–water partition coefficient (Wildman–Crippen LogP) is 2.48. The lowest BCUT2D eigenvalue weighted by Gasteiger charge is -2.10. The predicted molar refractivity (Wildman–Crippen MR) is 75.7 cm³/mol. The van der Waals surface area contributed by atoms with Gasteiger partial charge in [0.25, 0.3) is 0 Å². The molecule has 0 unspecified atom stereocenters. The first-order valence-electron chi connectivity index (χ1n) is 5.97. The van der Waals surface area contributed by atoms with Gasteiger partial charge in [-0.2, -0.15) is 0 Å². The van der Waals surface area contributed by atoms with Crippen molar-refractivity contribution in [3.8, 4) is 11.5 Å². The van der Waals surface area contributed by atoms with Crippen LogP contribution in [0.25, 0.3) is 0 Å². The SMILES string of the molecule is COc1cc[c]c(OCc2ccccc2S(C)(=O)=O)c1. The molecule has 2 aromatic rings. The molecule has 0 N–H and O–H groups in total. The number of benzene rings is 2. The van der Waals surface area contributed by atoms with E-state index in [4.69, 9.17) is 9.47 Å². The van der Waals surface area contributed by atoms with Gasteiger partial charge in [-0.25, -0.2) is 8.42 Å². The van der Waals surface area contributed by atoms with Gasteiger partial charge >= 0.3 is 0 Å². The molecule has 2 aromatic carbocycles. The van der Waals surface area contributed by atoms with Crippen molar-refractivity contribution in [1.29, 1.82) is 0 Å². The van der Waals surface area contributed by atoms with Gasteiger partial charge in [-0.1, -0.05) is 18.2 Å².